The van der Waals surface area contributed by atoms with Crippen molar-refractivity contribution in [1.82, 2.24) is 14.6 Å². The molecule has 1 aliphatic rings. The average Bonchev–Trinajstić information content (AvgIpc) is 2.82. The van der Waals surface area contributed by atoms with Gasteiger partial charge < -0.3 is 10.5 Å². The van der Waals surface area contributed by atoms with E-state index in [1.54, 1.807) is 0 Å². The second kappa shape index (κ2) is 3.20. The molecule has 15 heavy (non-hydrogen) atoms. The van der Waals surface area contributed by atoms with E-state index < -0.39 is 0 Å². The normalized spacial score (nSPS) is 21.2. The van der Waals surface area contributed by atoms with E-state index >= 15 is 0 Å². The maximum absolute atomic E-state index is 5.68. The first-order valence-corrected chi connectivity index (χ1v) is 5.02. The quantitative estimate of drug-likeness (QED) is 0.746. The molecule has 0 aliphatic carbocycles. The number of ether oxygens (including phenoxy) is 1. The van der Waals surface area contributed by atoms with Gasteiger partial charge in [-0.15, -0.1) is 10.2 Å². The second-order valence-corrected chi connectivity index (χ2v) is 3.81. The summed E-state index contributed by atoms with van der Waals surface area (Å²) >= 11 is 0. The molecular formula is C10H12N4O. The van der Waals surface area contributed by atoms with Crippen LogP contribution in [0.5, 0.6) is 0 Å². The van der Waals surface area contributed by atoms with Crippen LogP contribution >= 0.6 is 0 Å². The van der Waals surface area contributed by atoms with Crippen LogP contribution in [0.15, 0.2) is 18.3 Å². The first kappa shape index (κ1) is 8.67. The maximum Gasteiger partial charge on any atom is 0.162 e. The number of aromatic nitrogens is 3. The van der Waals surface area contributed by atoms with Crippen molar-refractivity contribution < 1.29 is 4.74 Å². The molecule has 3 rings (SSSR count). The van der Waals surface area contributed by atoms with Gasteiger partial charge in [0.15, 0.2) is 5.65 Å². The third-order valence-corrected chi connectivity index (χ3v) is 2.76. The molecule has 0 bridgehead atoms. The maximum atomic E-state index is 5.68. The number of hydrogen-bond acceptors (Lipinski definition) is 4. The summed E-state index contributed by atoms with van der Waals surface area (Å²) < 4.78 is 7.33. The zero-order chi connectivity index (χ0) is 10.3. The lowest BCUT2D eigenvalue weighted by atomic mass is 10.1. The first-order chi connectivity index (χ1) is 7.34. The van der Waals surface area contributed by atoms with Crippen molar-refractivity contribution in [3.05, 3.63) is 24.2 Å². The predicted molar refractivity (Wildman–Crippen MR) is 55.6 cm³/mol. The first-order valence-electron chi connectivity index (χ1n) is 5.02. The van der Waals surface area contributed by atoms with Gasteiger partial charge in [0.1, 0.15) is 5.82 Å². The number of pyridine rings is 1. The van der Waals surface area contributed by atoms with Gasteiger partial charge in [0, 0.05) is 30.5 Å². The Morgan fingerprint density at radius 1 is 1.47 bits per heavy atom. The van der Waals surface area contributed by atoms with Crippen molar-refractivity contribution in [1.29, 1.82) is 0 Å². The third kappa shape index (κ3) is 1.35. The fourth-order valence-electron chi connectivity index (χ4n) is 1.94. The predicted octanol–water partition coefficient (Wildman–Crippen LogP) is 0.815. The highest BCUT2D eigenvalue weighted by Crippen LogP contribution is 2.24. The van der Waals surface area contributed by atoms with Crippen molar-refractivity contribution in [2.45, 2.75) is 12.3 Å². The fourth-order valence-corrected chi connectivity index (χ4v) is 1.94. The molecule has 1 unspecified atom stereocenters. The fraction of sp³-hybridized carbons (Fsp3) is 0.400. The summed E-state index contributed by atoms with van der Waals surface area (Å²) in [6, 6.07) is 3.68. The van der Waals surface area contributed by atoms with Crippen LogP contribution in [0.4, 0.5) is 5.69 Å². The number of nitrogen functional groups attached to an aromatic ring is 1. The van der Waals surface area contributed by atoms with Crippen molar-refractivity contribution in [2.24, 2.45) is 0 Å². The van der Waals surface area contributed by atoms with E-state index in [4.69, 9.17) is 10.5 Å². The molecule has 0 spiro atoms. The van der Waals surface area contributed by atoms with Gasteiger partial charge in [-0.2, -0.15) is 0 Å². The highest BCUT2D eigenvalue weighted by molar-refractivity contribution is 5.51. The largest absolute Gasteiger partial charge is 0.399 e. The van der Waals surface area contributed by atoms with Gasteiger partial charge in [-0.3, -0.25) is 4.40 Å². The summed E-state index contributed by atoms with van der Waals surface area (Å²) in [4.78, 5) is 0. The molecule has 2 N–H and O–H groups in total. The van der Waals surface area contributed by atoms with E-state index in [-0.39, 0.29) is 0 Å². The number of fused-ring (bicyclic) bond motifs is 1. The summed E-state index contributed by atoms with van der Waals surface area (Å²) in [6.07, 6.45) is 2.93. The lowest BCUT2D eigenvalue weighted by molar-refractivity contribution is 0.193. The Kier molecular flexibility index (Phi) is 1.85. The van der Waals surface area contributed by atoms with E-state index in [0.29, 0.717) is 11.6 Å². The summed E-state index contributed by atoms with van der Waals surface area (Å²) in [6.45, 7) is 1.56. The second-order valence-electron chi connectivity index (χ2n) is 3.81. The minimum atomic E-state index is 0.364. The SMILES string of the molecule is Nc1ccn2c(C3CCOC3)nnc2c1. The number of hydrogen-bond donors (Lipinski definition) is 1. The molecule has 78 valence electrons. The number of nitrogens with zero attached hydrogens (tertiary/aromatic N) is 3. The van der Waals surface area contributed by atoms with Crippen LogP contribution in [-0.2, 0) is 4.74 Å². The average molecular weight is 204 g/mol. The van der Waals surface area contributed by atoms with Gasteiger partial charge in [0.25, 0.3) is 0 Å². The van der Waals surface area contributed by atoms with Crippen molar-refractivity contribution >= 4 is 11.3 Å². The Morgan fingerprint density at radius 2 is 2.40 bits per heavy atom. The van der Waals surface area contributed by atoms with Gasteiger partial charge in [0.2, 0.25) is 0 Å². The molecule has 5 nitrogen and oxygen atoms in total. The van der Waals surface area contributed by atoms with Crippen LogP contribution in [0, 0.1) is 0 Å². The zero-order valence-corrected chi connectivity index (χ0v) is 8.26. The van der Waals surface area contributed by atoms with Crippen LogP contribution in [0.25, 0.3) is 5.65 Å². The summed E-state index contributed by atoms with van der Waals surface area (Å²) in [7, 11) is 0. The van der Waals surface area contributed by atoms with E-state index in [9.17, 15) is 0 Å². The Morgan fingerprint density at radius 3 is 3.20 bits per heavy atom. The zero-order valence-electron chi connectivity index (χ0n) is 8.26. The van der Waals surface area contributed by atoms with Crippen molar-refractivity contribution in [2.75, 3.05) is 18.9 Å². The molecule has 1 atom stereocenters. The highest BCUT2D eigenvalue weighted by Gasteiger charge is 2.22. The molecule has 0 saturated carbocycles. The summed E-state index contributed by atoms with van der Waals surface area (Å²) in [5.41, 5.74) is 7.20. The smallest absolute Gasteiger partial charge is 0.162 e. The molecule has 5 heteroatoms. The minimum Gasteiger partial charge on any atom is -0.399 e. The van der Waals surface area contributed by atoms with Crippen molar-refractivity contribution in [3.8, 4) is 0 Å². The van der Waals surface area contributed by atoms with Crippen molar-refractivity contribution in [3.63, 3.8) is 0 Å². The van der Waals surface area contributed by atoms with Gasteiger partial charge in [-0.25, -0.2) is 0 Å². The Balaban J connectivity index is 2.11. The molecule has 2 aromatic rings. The minimum absolute atomic E-state index is 0.364. The standard InChI is InChI=1S/C10H12N4O/c11-8-1-3-14-9(5-8)12-13-10(14)7-2-4-15-6-7/h1,3,5,7H,2,4,6,11H2. The molecule has 1 saturated heterocycles. The number of rotatable bonds is 1. The van der Waals surface area contributed by atoms with Crippen LogP contribution in [0.3, 0.4) is 0 Å². The van der Waals surface area contributed by atoms with Crippen LogP contribution in [-0.4, -0.2) is 27.8 Å². The Hall–Kier alpha value is -1.62. The molecule has 2 aromatic heterocycles. The summed E-state index contributed by atoms with van der Waals surface area (Å²) in [5.74, 6) is 1.34. The lowest BCUT2D eigenvalue weighted by Gasteiger charge is -2.04. The lowest BCUT2D eigenvalue weighted by Crippen LogP contribution is -2.03. The topological polar surface area (TPSA) is 65.4 Å². The van der Waals surface area contributed by atoms with E-state index in [2.05, 4.69) is 10.2 Å². The third-order valence-electron chi connectivity index (χ3n) is 2.76. The van der Waals surface area contributed by atoms with Crippen LogP contribution < -0.4 is 5.73 Å². The molecule has 0 aromatic carbocycles. The van der Waals surface area contributed by atoms with Crippen LogP contribution in [0.1, 0.15) is 18.2 Å². The number of nitrogens with two attached hydrogens (primary N) is 1. The van der Waals surface area contributed by atoms with Gasteiger partial charge in [-0.1, -0.05) is 0 Å². The van der Waals surface area contributed by atoms with E-state index in [0.717, 1.165) is 31.1 Å². The van der Waals surface area contributed by atoms with Crippen LogP contribution in [0.2, 0.25) is 0 Å². The molecular weight excluding hydrogens is 192 g/mol. The van der Waals surface area contributed by atoms with E-state index in [1.165, 1.54) is 0 Å². The molecule has 0 radical (unpaired) electrons. The van der Waals surface area contributed by atoms with Gasteiger partial charge in [0.05, 0.1) is 6.61 Å². The molecule has 3 heterocycles. The molecule has 1 fully saturated rings. The Bertz CT molecular complexity index is 487. The molecule has 1 aliphatic heterocycles. The highest BCUT2D eigenvalue weighted by atomic mass is 16.5. The van der Waals surface area contributed by atoms with Gasteiger partial charge >= 0.3 is 0 Å². The number of anilines is 1. The molecule has 0 amide bonds. The summed E-state index contributed by atoms with van der Waals surface area (Å²) in [5, 5.41) is 8.30. The van der Waals surface area contributed by atoms with Gasteiger partial charge in [-0.05, 0) is 12.5 Å². The van der Waals surface area contributed by atoms with E-state index in [1.807, 2.05) is 22.7 Å². The monoisotopic (exact) mass is 204 g/mol. The Labute approximate surface area is 86.9 Å².